The van der Waals surface area contributed by atoms with Gasteiger partial charge in [0, 0.05) is 18.1 Å². The number of rotatable bonds is 5. The average molecular weight is 483 g/mol. The van der Waals surface area contributed by atoms with E-state index in [1.807, 2.05) is 0 Å². The van der Waals surface area contributed by atoms with Gasteiger partial charge in [-0.05, 0) is 42.5 Å². The molecule has 12 heteroatoms. The quantitative estimate of drug-likeness (QED) is 0.632. The molecule has 2 aromatic carbocycles. The molecule has 0 unspecified atom stereocenters. The van der Waals surface area contributed by atoms with Crippen molar-refractivity contribution >= 4 is 73.8 Å². The summed E-state index contributed by atoms with van der Waals surface area (Å²) in [4.78, 5) is 13.4. The number of carbonyl (C=O) groups excluding carboxylic acids is 1. The molecule has 28 heavy (non-hydrogen) atoms. The molecule has 0 bridgehead atoms. The number of sulfonamides is 1. The van der Waals surface area contributed by atoms with Gasteiger partial charge in [-0.1, -0.05) is 34.8 Å². The number of nitrogens with two attached hydrogens (primary N) is 1. The molecule has 0 saturated heterocycles. The summed E-state index contributed by atoms with van der Waals surface area (Å²) in [6, 6.07) is 8.36. The van der Waals surface area contributed by atoms with Crippen LogP contribution in [0.1, 0.15) is 0 Å². The van der Waals surface area contributed by atoms with E-state index in [2.05, 4.69) is 5.32 Å². The molecule has 0 atom stereocenters. The van der Waals surface area contributed by atoms with E-state index in [-0.39, 0.29) is 33.1 Å². The predicted molar refractivity (Wildman–Crippen MR) is 114 cm³/mol. The number of anilines is 1. The highest BCUT2D eigenvalue weighted by Gasteiger charge is 2.16. The van der Waals surface area contributed by atoms with Crippen LogP contribution in [0.25, 0.3) is 0 Å². The second-order valence-electron chi connectivity index (χ2n) is 5.53. The highest BCUT2D eigenvalue weighted by atomic mass is 35.5. The topological polar surface area (TPSA) is 102 Å². The Morgan fingerprint density at radius 3 is 2.46 bits per heavy atom. The van der Waals surface area contributed by atoms with E-state index in [0.29, 0.717) is 10.0 Å². The molecule has 0 fully saturated rings. The van der Waals surface area contributed by atoms with Crippen molar-refractivity contribution in [1.82, 2.24) is 4.90 Å². The Labute approximate surface area is 182 Å². The maximum absolute atomic E-state index is 12.2. The number of hydrogen-bond donors (Lipinski definition) is 2. The Bertz CT molecular complexity index is 1030. The first kappa shape index (κ1) is 22.7. The number of primary sulfonamides is 1. The lowest BCUT2D eigenvalue weighted by Gasteiger charge is -2.20. The zero-order valence-electron chi connectivity index (χ0n) is 14.3. The lowest BCUT2D eigenvalue weighted by Crippen LogP contribution is -2.36. The van der Waals surface area contributed by atoms with Crippen molar-refractivity contribution in [3.8, 4) is 5.75 Å². The molecular weight excluding hydrogens is 469 g/mol. The third-order valence-corrected chi connectivity index (χ3v) is 5.49. The van der Waals surface area contributed by atoms with Crippen LogP contribution in [0.4, 0.5) is 5.69 Å². The van der Waals surface area contributed by atoms with Crippen LogP contribution in [0.15, 0.2) is 41.3 Å². The molecule has 3 N–H and O–H groups in total. The van der Waals surface area contributed by atoms with Gasteiger partial charge in [-0.15, -0.1) is 0 Å². The monoisotopic (exact) mass is 481 g/mol. The second kappa shape index (κ2) is 9.25. The highest BCUT2D eigenvalue weighted by Crippen LogP contribution is 2.28. The van der Waals surface area contributed by atoms with Gasteiger partial charge in [-0.2, -0.15) is 0 Å². The first-order valence-electron chi connectivity index (χ1n) is 7.47. The molecule has 0 aliphatic rings. The molecule has 2 rings (SSSR count). The SMILES string of the molecule is CN(CC(=O)Nc1ccc(S(N)(=O)=O)cc1Cl)C(=S)Oc1cc(Cl)ccc1Cl. The Kier molecular flexibility index (Phi) is 7.49. The summed E-state index contributed by atoms with van der Waals surface area (Å²) >= 11 is 23.0. The number of benzene rings is 2. The second-order valence-corrected chi connectivity index (χ2v) is 8.70. The summed E-state index contributed by atoms with van der Waals surface area (Å²) in [5.41, 5.74) is 0.220. The molecule has 0 heterocycles. The third kappa shape index (κ3) is 6.20. The summed E-state index contributed by atoms with van der Waals surface area (Å²) in [7, 11) is -2.35. The summed E-state index contributed by atoms with van der Waals surface area (Å²) < 4.78 is 28.1. The number of amides is 1. The van der Waals surface area contributed by atoms with Crippen LogP contribution in [-0.4, -0.2) is 38.0 Å². The van der Waals surface area contributed by atoms with Crippen LogP contribution in [0.2, 0.25) is 15.1 Å². The van der Waals surface area contributed by atoms with Crippen LogP contribution in [-0.2, 0) is 14.8 Å². The van der Waals surface area contributed by atoms with Crippen molar-refractivity contribution in [2.45, 2.75) is 4.90 Å². The molecule has 150 valence electrons. The molecule has 0 radical (unpaired) electrons. The molecular formula is C16H14Cl3N3O4S2. The van der Waals surface area contributed by atoms with Crippen LogP contribution >= 0.6 is 47.0 Å². The van der Waals surface area contributed by atoms with Gasteiger partial charge in [0.1, 0.15) is 12.3 Å². The average Bonchev–Trinajstić information content (AvgIpc) is 2.58. The standard InChI is InChI=1S/C16H14Cl3N3O4S2/c1-22(16(27)26-14-6-9(17)2-4-11(14)18)8-15(23)21-13-5-3-10(7-12(13)19)28(20,24)25/h2-7H,8H2,1H3,(H,21,23)(H2,20,24,25). The Morgan fingerprint density at radius 2 is 1.86 bits per heavy atom. The molecule has 7 nitrogen and oxygen atoms in total. The largest absolute Gasteiger partial charge is 0.430 e. The maximum Gasteiger partial charge on any atom is 0.265 e. The van der Waals surface area contributed by atoms with E-state index in [9.17, 15) is 13.2 Å². The molecule has 0 aliphatic heterocycles. The fourth-order valence-electron chi connectivity index (χ4n) is 1.97. The lowest BCUT2D eigenvalue weighted by molar-refractivity contribution is -0.116. The number of likely N-dealkylation sites (N-methyl/N-ethyl adjacent to an activating group) is 1. The minimum atomic E-state index is -3.90. The number of carbonyl (C=O) groups is 1. The number of halogens is 3. The van der Waals surface area contributed by atoms with Crippen molar-refractivity contribution in [3.05, 3.63) is 51.5 Å². The van der Waals surface area contributed by atoms with Gasteiger partial charge in [0.15, 0.2) is 0 Å². The summed E-state index contributed by atoms with van der Waals surface area (Å²) in [5.74, 6) is -0.205. The van der Waals surface area contributed by atoms with E-state index >= 15 is 0 Å². The highest BCUT2D eigenvalue weighted by molar-refractivity contribution is 7.89. The fourth-order valence-corrected chi connectivity index (χ4v) is 3.28. The normalized spacial score (nSPS) is 11.0. The van der Waals surface area contributed by atoms with E-state index < -0.39 is 15.9 Å². The van der Waals surface area contributed by atoms with Crippen LogP contribution in [0.5, 0.6) is 5.75 Å². The number of nitrogens with one attached hydrogen (secondary N) is 1. The zero-order valence-corrected chi connectivity index (χ0v) is 18.2. The smallest absolute Gasteiger partial charge is 0.265 e. The van der Waals surface area contributed by atoms with Crippen molar-refractivity contribution in [2.24, 2.45) is 5.14 Å². The number of ether oxygens (including phenoxy) is 1. The van der Waals surface area contributed by atoms with Crippen molar-refractivity contribution in [3.63, 3.8) is 0 Å². The third-order valence-electron chi connectivity index (χ3n) is 3.33. The van der Waals surface area contributed by atoms with Gasteiger partial charge in [0.05, 0.1) is 20.6 Å². The molecule has 0 spiro atoms. The number of thiocarbonyl (C=S) groups is 1. The van der Waals surface area contributed by atoms with E-state index in [0.717, 1.165) is 6.07 Å². The van der Waals surface area contributed by atoms with Gasteiger partial charge >= 0.3 is 0 Å². The number of nitrogens with zero attached hydrogens (tertiary/aromatic N) is 1. The Morgan fingerprint density at radius 1 is 1.18 bits per heavy atom. The zero-order chi connectivity index (χ0) is 21.1. The fraction of sp³-hybridized carbons (Fsp3) is 0.125. The molecule has 0 aromatic heterocycles. The Balaban J connectivity index is 2.00. The van der Waals surface area contributed by atoms with Gasteiger partial charge in [-0.3, -0.25) is 4.79 Å². The van der Waals surface area contributed by atoms with Gasteiger partial charge in [0.2, 0.25) is 15.9 Å². The first-order chi connectivity index (χ1) is 13.0. The minimum Gasteiger partial charge on any atom is -0.430 e. The van der Waals surface area contributed by atoms with Crippen LogP contribution in [0.3, 0.4) is 0 Å². The van der Waals surface area contributed by atoms with Gasteiger partial charge in [0.25, 0.3) is 5.17 Å². The van der Waals surface area contributed by atoms with E-state index in [1.165, 1.54) is 23.1 Å². The first-order valence-corrected chi connectivity index (χ1v) is 10.6. The lowest BCUT2D eigenvalue weighted by atomic mass is 10.3. The summed E-state index contributed by atoms with van der Waals surface area (Å²) in [5, 5.41) is 8.33. The van der Waals surface area contributed by atoms with Crippen molar-refractivity contribution < 1.29 is 17.9 Å². The maximum atomic E-state index is 12.2. The van der Waals surface area contributed by atoms with Crippen molar-refractivity contribution in [2.75, 3.05) is 18.9 Å². The van der Waals surface area contributed by atoms with Crippen LogP contribution < -0.4 is 15.2 Å². The van der Waals surface area contributed by atoms with E-state index in [1.54, 1.807) is 19.2 Å². The molecule has 1 amide bonds. The molecule has 2 aromatic rings. The van der Waals surface area contributed by atoms with Gasteiger partial charge in [-0.25, -0.2) is 13.6 Å². The van der Waals surface area contributed by atoms with Crippen molar-refractivity contribution in [1.29, 1.82) is 0 Å². The predicted octanol–water partition coefficient (Wildman–Crippen LogP) is 3.53. The number of hydrogen-bond acceptors (Lipinski definition) is 5. The molecule has 0 aliphatic carbocycles. The van der Waals surface area contributed by atoms with Crippen LogP contribution in [0, 0.1) is 0 Å². The summed E-state index contributed by atoms with van der Waals surface area (Å²) in [6.45, 7) is -0.162. The van der Waals surface area contributed by atoms with Gasteiger partial charge < -0.3 is 15.0 Å². The Hall–Kier alpha value is -1.62. The molecule has 0 saturated carbocycles. The minimum absolute atomic E-state index is 0.00464. The summed E-state index contributed by atoms with van der Waals surface area (Å²) in [6.07, 6.45) is 0. The van der Waals surface area contributed by atoms with E-state index in [4.69, 9.17) is 56.9 Å².